The summed E-state index contributed by atoms with van der Waals surface area (Å²) < 4.78 is 24.4. The lowest BCUT2D eigenvalue weighted by Crippen LogP contribution is -2.51. The number of halogens is 1. The minimum Gasteiger partial charge on any atom is -0.465 e. The Morgan fingerprint density at radius 3 is 2.39 bits per heavy atom. The number of piperidine rings is 3. The summed E-state index contributed by atoms with van der Waals surface area (Å²) in [7, 11) is 1.36. The van der Waals surface area contributed by atoms with Crippen molar-refractivity contribution in [2.24, 2.45) is 5.41 Å². The summed E-state index contributed by atoms with van der Waals surface area (Å²) in [6.07, 6.45) is 3.48. The number of nitrogens with zero attached hydrogens (tertiary/aromatic N) is 2. The van der Waals surface area contributed by atoms with Crippen molar-refractivity contribution in [3.63, 3.8) is 0 Å². The van der Waals surface area contributed by atoms with Gasteiger partial charge in [-0.3, -0.25) is 4.90 Å². The van der Waals surface area contributed by atoms with Gasteiger partial charge in [-0.25, -0.2) is 14.0 Å². The highest BCUT2D eigenvalue weighted by Gasteiger charge is 2.41. The van der Waals surface area contributed by atoms with E-state index in [2.05, 4.69) is 4.90 Å². The second-order valence-electron chi connectivity index (χ2n) is 9.45. The molecule has 1 amide bonds. The second kappa shape index (κ2) is 8.78. The van der Waals surface area contributed by atoms with Crippen LogP contribution >= 0.6 is 0 Å². The molecule has 0 aliphatic carbocycles. The van der Waals surface area contributed by atoms with Gasteiger partial charge in [-0.15, -0.1) is 0 Å². The lowest BCUT2D eigenvalue weighted by Gasteiger charge is -2.48. The molecule has 4 aliphatic rings. The minimum absolute atomic E-state index is 0.0961. The molecule has 4 heterocycles. The molecule has 0 radical (unpaired) electrons. The number of benzene rings is 2. The van der Waals surface area contributed by atoms with E-state index < -0.39 is 12.0 Å². The molecule has 3 saturated heterocycles. The summed E-state index contributed by atoms with van der Waals surface area (Å²) in [5, 5.41) is 0. The Morgan fingerprint density at radius 1 is 1.03 bits per heavy atom. The van der Waals surface area contributed by atoms with Gasteiger partial charge in [-0.2, -0.15) is 0 Å². The van der Waals surface area contributed by atoms with Gasteiger partial charge in [-0.1, -0.05) is 18.2 Å². The molecule has 0 saturated carbocycles. The number of rotatable bonds is 4. The highest BCUT2D eigenvalue weighted by atomic mass is 19.1. The number of ether oxygens (including phenoxy) is 2. The fourth-order valence-electron chi connectivity index (χ4n) is 5.48. The number of esters is 1. The van der Waals surface area contributed by atoms with Gasteiger partial charge in [0.25, 0.3) is 0 Å². The van der Waals surface area contributed by atoms with Crippen molar-refractivity contribution in [2.45, 2.75) is 31.7 Å². The fourth-order valence-corrected chi connectivity index (χ4v) is 5.48. The monoisotopic (exact) mass is 452 g/mol. The Morgan fingerprint density at radius 2 is 1.73 bits per heavy atom. The predicted octanol–water partition coefficient (Wildman–Crippen LogP) is 4.18. The average molecular weight is 453 g/mol. The van der Waals surface area contributed by atoms with Gasteiger partial charge in [0, 0.05) is 12.0 Å². The van der Waals surface area contributed by atoms with Crippen molar-refractivity contribution in [3.05, 3.63) is 70.5 Å². The zero-order valence-corrected chi connectivity index (χ0v) is 18.9. The van der Waals surface area contributed by atoms with Crippen LogP contribution in [0.2, 0.25) is 0 Å². The maximum absolute atomic E-state index is 13.6. The Balaban J connectivity index is 1.41. The first-order chi connectivity index (χ1) is 16.0. The average Bonchev–Trinajstić information content (AvgIpc) is 2.87. The van der Waals surface area contributed by atoms with E-state index in [0.717, 1.165) is 55.6 Å². The number of fused-ring (bicyclic) bond motifs is 4. The van der Waals surface area contributed by atoms with Crippen molar-refractivity contribution in [1.82, 2.24) is 9.80 Å². The SMILES string of the molecule is COC(=O)c1ccc2c(c1)CCN(C(=O)OCC13CCN(CC1)CC3)[C@H]2c1ccc(F)cc1. The van der Waals surface area contributed by atoms with E-state index in [4.69, 9.17) is 9.47 Å². The molecule has 2 aromatic carbocycles. The second-order valence-corrected chi connectivity index (χ2v) is 9.45. The molecule has 6 nitrogen and oxygen atoms in total. The lowest BCUT2D eigenvalue weighted by molar-refractivity contribution is -0.0300. The Hall–Kier alpha value is -2.93. The van der Waals surface area contributed by atoms with Crippen LogP contribution in [-0.4, -0.2) is 61.8 Å². The highest BCUT2D eigenvalue weighted by molar-refractivity contribution is 5.89. The summed E-state index contributed by atoms with van der Waals surface area (Å²) in [4.78, 5) is 29.6. The molecule has 33 heavy (non-hydrogen) atoms. The molecule has 6 rings (SSSR count). The van der Waals surface area contributed by atoms with Crippen LogP contribution in [0.4, 0.5) is 9.18 Å². The van der Waals surface area contributed by atoms with E-state index >= 15 is 0 Å². The van der Waals surface area contributed by atoms with Gasteiger partial charge in [0.05, 0.1) is 25.3 Å². The molecule has 1 atom stereocenters. The number of carbonyl (C=O) groups is 2. The summed E-state index contributed by atoms with van der Waals surface area (Å²) >= 11 is 0. The van der Waals surface area contributed by atoms with E-state index in [1.165, 1.54) is 19.2 Å². The van der Waals surface area contributed by atoms with Gasteiger partial charge < -0.3 is 14.4 Å². The van der Waals surface area contributed by atoms with E-state index in [1.54, 1.807) is 23.1 Å². The Bertz CT molecular complexity index is 1030. The molecule has 4 aliphatic heterocycles. The third kappa shape index (κ3) is 4.22. The van der Waals surface area contributed by atoms with Crippen LogP contribution < -0.4 is 0 Å². The topological polar surface area (TPSA) is 59.1 Å². The van der Waals surface area contributed by atoms with Crippen molar-refractivity contribution in [1.29, 1.82) is 0 Å². The molecule has 174 valence electrons. The van der Waals surface area contributed by atoms with Crippen LogP contribution in [0.25, 0.3) is 0 Å². The number of methoxy groups -OCH3 is 1. The third-order valence-electron chi connectivity index (χ3n) is 7.59. The van der Waals surface area contributed by atoms with Crippen molar-refractivity contribution >= 4 is 12.1 Å². The first kappa shape index (κ1) is 21.9. The largest absolute Gasteiger partial charge is 0.465 e. The zero-order chi connectivity index (χ0) is 23.0. The highest BCUT2D eigenvalue weighted by Crippen LogP contribution is 2.41. The van der Waals surface area contributed by atoms with E-state index in [0.29, 0.717) is 25.1 Å². The van der Waals surface area contributed by atoms with Crippen molar-refractivity contribution < 1.29 is 23.5 Å². The number of carbonyl (C=O) groups excluding carboxylic acids is 2. The smallest absolute Gasteiger partial charge is 0.410 e. The lowest BCUT2D eigenvalue weighted by atomic mass is 9.73. The van der Waals surface area contributed by atoms with Crippen molar-refractivity contribution in [3.8, 4) is 0 Å². The van der Waals surface area contributed by atoms with Crippen LogP contribution in [0.15, 0.2) is 42.5 Å². The van der Waals surface area contributed by atoms with Gasteiger partial charge in [0.15, 0.2) is 0 Å². The molecular formula is C26H29FN2O4. The molecule has 0 aromatic heterocycles. The molecule has 2 bridgehead atoms. The standard InChI is InChI=1S/C26H29FN2O4/c1-32-24(30)20-4-7-22-19(16-20)8-12-29(23(22)18-2-5-21(27)6-3-18)25(31)33-17-26-9-13-28(14-10-26)15-11-26/h2-7,16,23H,8-15,17H2,1H3/t23-/m0/s1. The van der Waals surface area contributed by atoms with E-state index in [9.17, 15) is 14.0 Å². The Kier molecular flexibility index (Phi) is 5.83. The quantitative estimate of drug-likeness (QED) is 0.652. The summed E-state index contributed by atoms with van der Waals surface area (Å²) in [6, 6.07) is 11.2. The number of amides is 1. The number of hydrogen-bond donors (Lipinski definition) is 0. The molecule has 0 N–H and O–H groups in total. The molecule has 0 unspecified atom stereocenters. The van der Waals surface area contributed by atoms with Crippen LogP contribution in [0.3, 0.4) is 0 Å². The van der Waals surface area contributed by atoms with Gasteiger partial charge >= 0.3 is 12.1 Å². The maximum Gasteiger partial charge on any atom is 0.410 e. The number of hydrogen-bond acceptors (Lipinski definition) is 5. The van der Waals surface area contributed by atoms with E-state index in [-0.39, 0.29) is 17.3 Å². The molecule has 7 heteroatoms. The van der Waals surface area contributed by atoms with Crippen LogP contribution in [-0.2, 0) is 15.9 Å². The fraction of sp³-hybridized carbons (Fsp3) is 0.462. The van der Waals surface area contributed by atoms with Crippen molar-refractivity contribution in [2.75, 3.05) is 39.9 Å². The van der Waals surface area contributed by atoms with Gasteiger partial charge in [-0.05, 0) is 86.3 Å². The van der Waals surface area contributed by atoms with Crippen LogP contribution in [0, 0.1) is 11.2 Å². The molecule has 3 fully saturated rings. The van der Waals surface area contributed by atoms with Crippen LogP contribution in [0.1, 0.15) is 52.4 Å². The molecule has 2 aromatic rings. The summed E-state index contributed by atoms with van der Waals surface area (Å²) in [5.74, 6) is -0.719. The predicted molar refractivity (Wildman–Crippen MR) is 121 cm³/mol. The normalized spacial score (nSPS) is 25.9. The summed E-state index contributed by atoms with van der Waals surface area (Å²) in [5.41, 5.74) is 3.28. The molecular weight excluding hydrogens is 423 g/mol. The molecule has 0 spiro atoms. The third-order valence-corrected chi connectivity index (χ3v) is 7.59. The van der Waals surface area contributed by atoms with Crippen LogP contribution in [0.5, 0.6) is 0 Å². The first-order valence-electron chi connectivity index (χ1n) is 11.6. The maximum atomic E-state index is 13.6. The van der Waals surface area contributed by atoms with E-state index in [1.807, 2.05) is 12.1 Å². The van der Waals surface area contributed by atoms with Gasteiger partial charge in [0.2, 0.25) is 0 Å². The minimum atomic E-state index is -0.403. The zero-order valence-electron chi connectivity index (χ0n) is 18.9. The van der Waals surface area contributed by atoms with Gasteiger partial charge in [0.1, 0.15) is 5.82 Å². The Labute approximate surface area is 193 Å². The first-order valence-corrected chi connectivity index (χ1v) is 11.6. The summed E-state index contributed by atoms with van der Waals surface area (Å²) in [6.45, 7) is 4.14.